The van der Waals surface area contributed by atoms with Crippen LogP contribution in [0.15, 0.2) is 47.1 Å². The van der Waals surface area contributed by atoms with E-state index in [0.717, 1.165) is 22.7 Å². The largest absolute Gasteiger partial charge is 0.464 e. The minimum absolute atomic E-state index is 0.705. The standard InChI is InChI=1S/C13H11N3O/c1-9-14-13(16-15-9)11-5-2-4-10(8-11)12-6-3-7-17-12/h2-8H,1H3,(H,14,15,16). The molecule has 0 aliphatic heterocycles. The molecule has 0 aliphatic rings. The molecule has 1 N–H and O–H groups in total. The Balaban J connectivity index is 2.05. The molecule has 3 aromatic rings. The molecule has 2 aromatic heterocycles. The van der Waals surface area contributed by atoms with E-state index in [-0.39, 0.29) is 0 Å². The van der Waals surface area contributed by atoms with Gasteiger partial charge in [-0.3, -0.25) is 5.10 Å². The van der Waals surface area contributed by atoms with Crippen molar-refractivity contribution in [1.82, 2.24) is 15.2 Å². The van der Waals surface area contributed by atoms with Crippen LogP contribution in [0.1, 0.15) is 5.82 Å². The van der Waals surface area contributed by atoms with E-state index >= 15 is 0 Å². The van der Waals surface area contributed by atoms with Gasteiger partial charge in [0.25, 0.3) is 0 Å². The summed E-state index contributed by atoms with van der Waals surface area (Å²) in [6.07, 6.45) is 1.67. The fourth-order valence-electron chi connectivity index (χ4n) is 1.73. The Morgan fingerprint density at radius 2 is 2.00 bits per heavy atom. The first-order chi connectivity index (χ1) is 8.33. The lowest BCUT2D eigenvalue weighted by molar-refractivity contribution is 0.582. The van der Waals surface area contributed by atoms with E-state index in [9.17, 15) is 0 Å². The molecule has 0 aliphatic carbocycles. The summed E-state index contributed by atoms with van der Waals surface area (Å²) in [5.74, 6) is 2.36. The summed E-state index contributed by atoms with van der Waals surface area (Å²) in [6, 6.07) is 11.8. The summed E-state index contributed by atoms with van der Waals surface area (Å²) in [6.45, 7) is 1.88. The minimum Gasteiger partial charge on any atom is -0.464 e. The molecule has 0 spiro atoms. The van der Waals surface area contributed by atoms with E-state index < -0.39 is 0 Å². The molecule has 3 rings (SSSR count). The van der Waals surface area contributed by atoms with Crippen molar-refractivity contribution in [1.29, 1.82) is 0 Å². The number of aromatic amines is 1. The van der Waals surface area contributed by atoms with Gasteiger partial charge in [-0.15, -0.1) is 0 Å². The van der Waals surface area contributed by atoms with Gasteiger partial charge in [0.05, 0.1) is 6.26 Å². The minimum atomic E-state index is 0.705. The lowest BCUT2D eigenvalue weighted by atomic mass is 10.1. The predicted molar refractivity (Wildman–Crippen MR) is 64.3 cm³/mol. The molecule has 0 saturated heterocycles. The van der Waals surface area contributed by atoms with Crippen LogP contribution in [0, 0.1) is 6.92 Å². The molecule has 1 aromatic carbocycles. The molecule has 0 radical (unpaired) electrons. The van der Waals surface area contributed by atoms with Crippen LogP contribution >= 0.6 is 0 Å². The van der Waals surface area contributed by atoms with Gasteiger partial charge in [-0.1, -0.05) is 18.2 Å². The van der Waals surface area contributed by atoms with E-state index in [4.69, 9.17) is 4.42 Å². The number of aromatic nitrogens is 3. The molecule has 4 heteroatoms. The second-order valence-corrected chi connectivity index (χ2v) is 3.80. The zero-order valence-electron chi connectivity index (χ0n) is 9.34. The fourth-order valence-corrected chi connectivity index (χ4v) is 1.73. The van der Waals surface area contributed by atoms with Crippen molar-refractivity contribution in [3.63, 3.8) is 0 Å². The van der Waals surface area contributed by atoms with Crippen LogP contribution in [0.2, 0.25) is 0 Å². The predicted octanol–water partition coefficient (Wildman–Crippen LogP) is 3.04. The quantitative estimate of drug-likeness (QED) is 0.729. The van der Waals surface area contributed by atoms with Crippen molar-refractivity contribution in [2.24, 2.45) is 0 Å². The average Bonchev–Trinajstić information content (AvgIpc) is 3.00. The maximum Gasteiger partial charge on any atom is 0.181 e. The molecular weight excluding hydrogens is 214 g/mol. The van der Waals surface area contributed by atoms with Gasteiger partial charge in [0, 0.05) is 11.1 Å². The molecule has 4 nitrogen and oxygen atoms in total. The summed E-state index contributed by atoms with van der Waals surface area (Å²) in [4.78, 5) is 4.31. The zero-order valence-corrected chi connectivity index (χ0v) is 9.34. The molecule has 84 valence electrons. The normalized spacial score (nSPS) is 10.6. The molecular formula is C13H11N3O. The van der Waals surface area contributed by atoms with E-state index in [2.05, 4.69) is 15.2 Å². The van der Waals surface area contributed by atoms with Gasteiger partial charge in [0.2, 0.25) is 0 Å². The van der Waals surface area contributed by atoms with Crippen LogP contribution in [0.5, 0.6) is 0 Å². The third-order valence-electron chi connectivity index (χ3n) is 2.52. The van der Waals surface area contributed by atoms with Gasteiger partial charge in [0.15, 0.2) is 5.82 Å². The summed E-state index contributed by atoms with van der Waals surface area (Å²) in [5.41, 5.74) is 2.00. The first-order valence-electron chi connectivity index (χ1n) is 5.36. The van der Waals surface area contributed by atoms with Gasteiger partial charge in [-0.05, 0) is 25.1 Å². The number of H-pyrrole nitrogens is 1. The Bertz CT molecular complexity index is 626. The number of rotatable bonds is 2. The van der Waals surface area contributed by atoms with Gasteiger partial charge in [0.1, 0.15) is 11.6 Å². The second kappa shape index (κ2) is 3.90. The topological polar surface area (TPSA) is 54.7 Å². The van der Waals surface area contributed by atoms with Crippen LogP contribution in [-0.2, 0) is 0 Å². The summed E-state index contributed by atoms with van der Waals surface area (Å²) in [7, 11) is 0. The number of hydrogen-bond acceptors (Lipinski definition) is 3. The highest BCUT2D eigenvalue weighted by Gasteiger charge is 2.06. The number of hydrogen-bond donors (Lipinski definition) is 1. The van der Waals surface area contributed by atoms with E-state index in [1.807, 2.05) is 43.3 Å². The SMILES string of the molecule is Cc1nc(-c2cccc(-c3ccco3)c2)n[nH]1. The van der Waals surface area contributed by atoms with Crippen molar-refractivity contribution >= 4 is 0 Å². The number of aryl methyl sites for hydroxylation is 1. The van der Waals surface area contributed by atoms with Gasteiger partial charge in [-0.25, -0.2) is 4.98 Å². The average molecular weight is 225 g/mol. The maximum absolute atomic E-state index is 5.37. The lowest BCUT2D eigenvalue weighted by Crippen LogP contribution is -1.82. The highest BCUT2D eigenvalue weighted by atomic mass is 16.3. The molecule has 0 saturated carbocycles. The van der Waals surface area contributed by atoms with Crippen molar-refractivity contribution in [2.45, 2.75) is 6.92 Å². The van der Waals surface area contributed by atoms with Crippen LogP contribution in [0.3, 0.4) is 0 Å². The highest BCUT2D eigenvalue weighted by molar-refractivity contribution is 5.66. The van der Waals surface area contributed by atoms with Crippen molar-refractivity contribution in [3.8, 4) is 22.7 Å². The third-order valence-corrected chi connectivity index (χ3v) is 2.52. The number of furan rings is 1. The number of nitrogens with zero attached hydrogens (tertiary/aromatic N) is 2. The molecule has 17 heavy (non-hydrogen) atoms. The first-order valence-corrected chi connectivity index (χ1v) is 5.36. The van der Waals surface area contributed by atoms with Crippen molar-refractivity contribution < 1.29 is 4.42 Å². The summed E-state index contributed by atoms with van der Waals surface area (Å²) >= 11 is 0. The molecule has 0 bridgehead atoms. The Morgan fingerprint density at radius 1 is 1.12 bits per heavy atom. The molecule has 0 atom stereocenters. The highest BCUT2D eigenvalue weighted by Crippen LogP contribution is 2.24. The van der Waals surface area contributed by atoms with E-state index in [1.165, 1.54) is 0 Å². The van der Waals surface area contributed by atoms with Crippen LogP contribution < -0.4 is 0 Å². The lowest BCUT2D eigenvalue weighted by Gasteiger charge is -1.99. The summed E-state index contributed by atoms with van der Waals surface area (Å²) < 4.78 is 5.37. The third kappa shape index (κ3) is 1.85. The van der Waals surface area contributed by atoms with Gasteiger partial charge < -0.3 is 4.42 Å². The Morgan fingerprint density at radius 3 is 2.71 bits per heavy atom. The van der Waals surface area contributed by atoms with Crippen LogP contribution in [0.25, 0.3) is 22.7 Å². The van der Waals surface area contributed by atoms with Gasteiger partial charge >= 0.3 is 0 Å². The second-order valence-electron chi connectivity index (χ2n) is 3.80. The van der Waals surface area contributed by atoms with E-state index in [1.54, 1.807) is 6.26 Å². The zero-order chi connectivity index (χ0) is 11.7. The van der Waals surface area contributed by atoms with Crippen LogP contribution in [-0.4, -0.2) is 15.2 Å². The van der Waals surface area contributed by atoms with Crippen LogP contribution in [0.4, 0.5) is 0 Å². The smallest absolute Gasteiger partial charge is 0.181 e. The van der Waals surface area contributed by atoms with Crippen molar-refractivity contribution in [2.75, 3.05) is 0 Å². The molecule has 0 amide bonds. The Hall–Kier alpha value is -2.36. The monoisotopic (exact) mass is 225 g/mol. The maximum atomic E-state index is 5.37. The Kier molecular flexibility index (Phi) is 2.26. The van der Waals surface area contributed by atoms with E-state index in [0.29, 0.717) is 5.82 Å². The molecule has 0 unspecified atom stereocenters. The van der Waals surface area contributed by atoms with Gasteiger partial charge in [-0.2, -0.15) is 5.10 Å². The summed E-state index contributed by atoms with van der Waals surface area (Å²) in [5, 5.41) is 6.98. The molecule has 2 heterocycles. The number of nitrogens with one attached hydrogen (secondary N) is 1. The fraction of sp³-hybridized carbons (Fsp3) is 0.0769. The molecule has 0 fully saturated rings. The number of benzene rings is 1. The van der Waals surface area contributed by atoms with Crippen molar-refractivity contribution in [3.05, 3.63) is 48.5 Å². The first kappa shape index (κ1) is 9.84. The Labute approximate surface area is 98.3 Å².